The molecule has 138 valence electrons. The van der Waals surface area contributed by atoms with Gasteiger partial charge in [-0.15, -0.1) is 0 Å². The Morgan fingerprint density at radius 3 is 2.29 bits per heavy atom. The van der Waals surface area contributed by atoms with Gasteiger partial charge in [-0.2, -0.15) is 0 Å². The van der Waals surface area contributed by atoms with E-state index < -0.39 is 24.1 Å². The number of carbonyl (C=O) groups excluding carboxylic acids is 3. The molecule has 0 radical (unpaired) electrons. The molecule has 3 atom stereocenters. The lowest BCUT2D eigenvalue weighted by Gasteiger charge is -2.20. The molecule has 0 spiro atoms. The average molecular weight is 341 g/mol. The highest BCUT2D eigenvalue weighted by atomic mass is 16.5. The monoisotopic (exact) mass is 341 g/mol. The molecular weight excluding hydrogens is 310 g/mol. The second kappa shape index (κ2) is 9.61. The van der Waals surface area contributed by atoms with Crippen LogP contribution in [0.2, 0.25) is 0 Å². The van der Waals surface area contributed by atoms with E-state index in [0.29, 0.717) is 18.9 Å². The van der Waals surface area contributed by atoms with Gasteiger partial charge in [0.15, 0.2) is 0 Å². The zero-order valence-electron chi connectivity index (χ0n) is 15.3. The maximum atomic E-state index is 12.3. The van der Waals surface area contributed by atoms with Gasteiger partial charge in [-0.3, -0.25) is 19.7 Å². The van der Waals surface area contributed by atoms with Crippen molar-refractivity contribution in [3.63, 3.8) is 0 Å². The Morgan fingerprint density at radius 2 is 1.75 bits per heavy atom. The smallest absolute Gasteiger partial charge is 0.325 e. The lowest BCUT2D eigenvalue weighted by molar-refractivity contribution is -0.143. The van der Waals surface area contributed by atoms with Crippen molar-refractivity contribution in [1.82, 2.24) is 16.0 Å². The molecule has 0 bridgehead atoms. The van der Waals surface area contributed by atoms with Crippen molar-refractivity contribution in [3.05, 3.63) is 0 Å². The third-order valence-corrected chi connectivity index (χ3v) is 3.77. The molecule has 7 heteroatoms. The summed E-state index contributed by atoms with van der Waals surface area (Å²) in [4.78, 5) is 36.1. The maximum absolute atomic E-state index is 12.3. The van der Waals surface area contributed by atoms with E-state index in [0.717, 1.165) is 6.42 Å². The van der Waals surface area contributed by atoms with Gasteiger partial charge in [-0.1, -0.05) is 27.7 Å². The molecule has 1 rings (SSSR count). The highest BCUT2D eigenvalue weighted by Crippen LogP contribution is 2.14. The van der Waals surface area contributed by atoms with Gasteiger partial charge in [0.05, 0.1) is 6.61 Å². The normalized spacial score (nSPS) is 20.6. The number of hydrogen-bond donors (Lipinski definition) is 3. The van der Waals surface area contributed by atoms with Crippen LogP contribution >= 0.6 is 0 Å². The molecule has 0 aromatic heterocycles. The number of ether oxygens (including phenoxy) is 1. The lowest BCUT2D eigenvalue weighted by Crippen LogP contribution is -2.49. The molecule has 1 saturated heterocycles. The minimum Gasteiger partial charge on any atom is -0.465 e. The molecule has 24 heavy (non-hydrogen) atoms. The molecule has 1 heterocycles. The number of nitrogens with one attached hydrogen (secondary N) is 3. The molecular formula is C17H31N3O4. The Kier molecular flexibility index (Phi) is 8.18. The van der Waals surface area contributed by atoms with Crippen molar-refractivity contribution in [2.75, 3.05) is 13.2 Å². The summed E-state index contributed by atoms with van der Waals surface area (Å²) < 4.78 is 4.88. The van der Waals surface area contributed by atoms with Gasteiger partial charge in [0, 0.05) is 6.54 Å². The van der Waals surface area contributed by atoms with E-state index >= 15 is 0 Å². The van der Waals surface area contributed by atoms with E-state index in [1.807, 2.05) is 13.8 Å². The molecule has 3 N–H and O–H groups in total. The van der Waals surface area contributed by atoms with Gasteiger partial charge >= 0.3 is 5.97 Å². The van der Waals surface area contributed by atoms with Crippen LogP contribution < -0.4 is 16.0 Å². The van der Waals surface area contributed by atoms with Crippen molar-refractivity contribution >= 4 is 17.8 Å². The van der Waals surface area contributed by atoms with E-state index in [-0.39, 0.29) is 24.3 Å². The Hall–Kier alpha value is -1.63. The minimum absolute atomic E-state index is 0.175. The van der Waals surface area contributed by atoms with Crippen LogP contribution in [0.15, 0.2) is 0 Å². The number of hydrogen-bond acceptors (Lipinski definition) is 5. The standard InChI is InChI=1S/C17H31N3O4/c1-6-24-17(23)14-13(20-14)16(22)19-12(9-11(4)5)15(21)18-8-7-10(2)3/h10-14,20H,6-9H2,1-5H3,(H,18,21)(H,19,22)/t12-,13?,14?/m1/s1. The first-order valence-electron chi connectivity index (χ1n) is 8.77. The van der Waals surface area contributed by atoms with E-state index in [1.54, 1.807) is 6.92 Å². The molecule has 1 aliphatic rings. The molecule has 0 aliphatic carbocycles. The van der Waals surface area contributed by atoms with Crippen molar-refractivity contribution in [2.24, 2.45) is 11.8 Å². The van der Waals surface area contributed by atoms with Crippen LogP contribution in [-0.4, -0.2) is 49.1 Å². The number of carbonyl (C=O) groups is 3. The molecule has 2 unspecified atom stereocenters. The fraction of sp³-hybridized carbons (Fsp3) is 0.824. The van der Waals surface area contributed by atoms with Crippen LogP contribution in [0.25, 0.3) is 0 Å². The Morgan fingerprint density at radius 1 is 1.08 bits per heavy atom. The SMILES string of the molecule is CCOC(=O)C1NC1C(=O)N[C@H](CC(C)C)C(=O)NCCC(C)C. The predicted molar refractivity (Wildman–Crippen MR) is 91.2 cm³/mol. The first-order valence-corrected chi connectivity index (χ1v) is 8.77. The first-order chi connectivity index (χ1) is 11.3. The van der Waals surface area contributed by atoms with Gasteiger partial charge in [-0.05, 0) is 31.6 Å². The number of amides is 2. The second-order valence-electron chi connectivity index (χ2n) is 7.04. The summed E-state index contributed by atoms with van der Waals surface area (Å²) in [5.41, 5.74) is 0. The van der Waals surface area contributed by atoms with Gasteiger partial charge in [0.2, 0.25) is 11.8 Å². The van der Waals surface area contributed by atoms with E-state index in [9.17, 15) is 14.4 Å². The van der Waals surface area contributed by atoms with Gasteiger partial charge in [0.25, 0.3) is 0 Å². The molecule has 0 aromatic rings. The minimum atomic E-state index is -0.609. The molecule has 1 aliphatic heterocycles. The van der Waals surface area contributed by atoms with Crippen LogP contribution in [0.4, 0.5) is 0 Å². The van der Waals surface area contributed by atoms with Crippen molar-refractivity contribution in [3.8, 4) is 0 Å². The maximum Gasteiger partial charge on any atom is 0.325 e. The first kappa shape index (κ1) is 20.4. The zero-order valence-corrected chi connectivity index (χ0v) is 15.3. The van der Waals surface area contributed by atoms with Crippen LogP contribution in [-0.2, 0) is 19.1 Å². The molecule has 1 fully saturated rings. The Balaban J connectivity index is 2.52. The van der Waals surface area contributed by atoms with E-state index in [1.165, 1.54) is 0 Å². The summed E-state index contributed by atoms with van der Waals surface area (Å²) in [6.45, 7) is 10.8. The van der Waals surface area contributed by atoms with Crippen LogP contribution in [0.3, 0.4) is 0 Å². The summed E-state index contributed by atoms with van der Waals surface area (Å²) in [7, 11) is 0. The fourth-order valence-electron chi connectivity index (χ4n) is 2.37. The topological polar surface area (TPSA) is 106 Å². The number of esters is 1. The second-order valence-corrected chi connectivity index (χ2v) is 7.04. The summed E-state index contributed by atoms with van der Waals surface area (Å²) in [6, 6.07) is -1.80. The zero-order chi connectivity index (χ0) is 18.3. The molecule has 2 amide bonds. The highest BCUT2D eigenvalue weighted by molar-refractivity contribution is 5.97. The summed E-state index contributed by atoms with van der Waals surface area (Å²) in [6.07, 6.45) is 1.44. The van der Waals surface area contributed by atoms with Crippen molar-refractivity contribution in [1.29, 1.82) is 0 Å². The lowest BCUT2D eigenvalue weighted by atomic mass is 10.0. The molecule has 7 nitrogen and oxygen atoms in total. The largest absolute Gasteiger partial charge is 0.465 e. The Bertz CT molecular complexity index is 451. The molecule has 0 aromatic carbocycles. The summed E-state index contributed by atoms with van der Waals surface area (Å²) in [5, 5.41) is 8.42. The van der Waals surface area contributed by atoms with Gasteiger partial charge in [0.1, 0.15) is 18.1 Å². The number of rotatable bonds is 10. The van der Waals surface area contributed by atoms with E-state index in [2.05, 4.69) is 29.8 Å². The molecule has 0 saturated carbocycles. The van der Waals surface area contributed by atoms with Crippen molar-refractivity contribution < 1.29 is 19.1 Å². The van der Waals surface area contributed by atoms with Crippen LogP contribution in [0.5, 0.6) is 0 Å². The third-order valence-electron chi connectivity index (χ3n) is 3.77. The van der Waals surface area contributed by atoms with E-state index in [4.69, 9.17) is 4.74 Å². The Labute approximate surface area is 144 Å². The van der Waals surface area contributed by atoms with Gasteiger partial charge in [-0.25, -0.2) is 0 Å². The summed E-state index contributed by atoms with van der Waals surface area (Å²) in [5.74, 6) is -0.174. The predicted octanol–water partition coefficient (Wildman–Crippen LogP) is 0.583. The van der Waals surface area contributed by atoms with Gasteiger partial charge < -0.3 is 15.4 Å². The van der Waals surface area contributed by atoms with Crippen LogP contribution in [0.1, 0.15) is 47.5 Å². The average Bonchev–Trinajstić information content (AvgIpc) is 3.26. The quantitative estimate of drug-likeness (QED) is 0.398. The highest BCUT2D eigenvalue weighted by Gasteiger charge is 2.49. The van der Waals surface area contributed by atoms with Crippen molar-refractivity contribution in [2.45, 2.75) is 65.6 Å². The van der Waals surface area contributed by atoms with Crippen LogP contribution in [0, 0.1) is 11.8 Å². The fourth-order valence-corrected chi connectivity index (χ4v) is 2.37. The summed E-state index contributed by atoms with van der Waals surface area (Å²) >= 11 is 0. The third kappa shape index (κ3) is 6.86.